The van der Waals surface area contributed by atoms with Crippen LogP contribution in [-0.4, -0.2) is 6.04 Å². The van der Waals surface area contributed by atoms with Crippen molar-refractivity contribution in [1.82, 2.24) is 0 Å². The van der Waals surface area contributed by atoms with Crippen molar-refractivity contribution in [3.05, 3.63) is 0 Å². The highest BCUT2D eigenvalue weighted by Gasteiger charge is 2.37. The van der Waals surface area contributed by atoms with E-state index in [9.17, 15) is 0 Å². The fraction of sp³-hybridized carbons (Fsp3) is 1.00. The van der Waals surface area contributed by atoms with Crippen LogP contribution >= 0.6 is 0 Å². The zero-order chi connectivity index (χ0) is 10.9. The second-order valence-corrected chi connectivity index (χ2v) is 6.54. The van der Waals surface area contributed by atoms with Crippen molar-refractivity contribution in [3.63, 3.8) is 0 Å². The molecule has 0 saturated heterocycles. The molecule has 0 heterocycles. The average molecular weight is 209 g/mol. The van der Waals surface area contributed by atoms with E-state index in [2.05, 4.69) is 13.8 Å². The van der Waals surface area contributed by atoms with E-state index in [1.54, 1.807) is 0 Å². The molecule has 15 heavy (non-hydrogen) atoms. The summed E-state index contributed by atoms with van der Waals surface area (Å²) in [4.78, 5) is 0. The van der Waals surface area contributed by atoms with Crippen molar-refractivity contribution in [2.24, 2.45) is 23.0 Å². The van der Waals surface area contributed by atoms with Gasteiger partial charge in [-0.2, -0.15) is 0 Å². The topological polar surface area (TPSA) is 26.0 Å². The SMILES string of the molecule is CC1(C)CCCCC1C(N)CC1CCC1. The van der Waals surface area contributed by atoms with Crippen LogP contribution in [0, 0.1) is 17.3 Å². The van der Waals surface area contributed by atoms with Crippen LogP contribution in [0.3, 0.4) is 0 Å². The lowest BCUT2D eigenvalue weighted by molar-refractivity contribution is 0.0949. The Morgan fingerprint density at radius 1 is 1.13 bits per heavy atom. The normalized spacial score (nSPS) is 33.4. The van der Waals surface area contributed by atoms with Crippen LogP contribution in [-0.2, 0) is 0 Å². The van der Waals surface area contributed by atoms with Crippen molar-refractivity contribution in [3.8, 4) is 0 Å². The van der Waals surface area contributed by atoms with Gasteiger partial charge >= 0.3 is 0 Å². The Kier molecular flexibility index (Phi) is 3.39. The monoisotopic (exact) mass is 209 g/mol. The molecule has 0 aromatic heterocycles. The molecule has 1 nitrogen and oxygen atoms in total. The third-order valence-corrected chi connectivity index (χ3v) is 4.94. The molecule has 0 spiro atoms. The van der Waals surface area contributed by atoms with Crippen molar-refractivity contribution < 1.29 is 0 Å². The molecule has 2 fully saturated rings. The first kappa shape index (κ1) is 11.4. The van der Waals surface area contributed by atoms with Crippen molar-refractivity contribution in [2.45, 2.75) is 71.3 Å². The second-order valence-electron chi connectivity index (χ2n) is 6.54. The fourth-order valence-electron chi connectivity index (χ4n) is 3.59. The molecule has 0 aromatic carbocycles. The smallest absolute Gasteiger partial charge is 0.00748 e. The van der Waals surface area contributed by atoms with E-state index in [4.69, 9.17) is 5.73 Å². The minimum Gasteiger partial charge on any atom is -0.327 e. The molecule has 2 N–H and O–H groups in total. The van der Waals surface area contributed by atoms with Gasteiger partial charge in [0.05, 0.1) is 0 Å². The van der Waals surface area contributed by atoms with Crippen LogP contribution in [0.1, 0.15) is 65.2 Å². The van der Waals surface area contributed by atoms with E-state index in [1.807, 2.05) is 0 Å². The predicted octanol–water partition coefficient (Wildman–Crippen LogP) is 3.72. The zero-order valence-electron chi connectivity index (χ0n) is 10.5. The summed E-state index contributed by atoms with van der Waals surface area (Å²) in [5.74, 6) is 1.75. The molecule has 0 bridgehead atoms. The zero-order valence-corrected chi connectivity index (χ0v) is 10.5. The molecule has 2 atom stereocenters. The number of hydrogen-bond donors (Lipinski definition) is 1. The van der Waals surface area contributed by atoms with Gasteiger partial charge in [0.2, 0.25) is 0 Å². The van der Waals surface area contributed by atoms with Gasteiger partial charge in [-0.25, -0.2) is 0 Å². The van der Waals surface area contributed by atoms with Gasteiger partial charge in [0.25, 0.3) is 0 Å². The minimum absolute atomic E-state index is 0.477. The lowest BCUT2D eigenvalue weighted by Crippen LogP contribution is -2.43. The molecule has 2 aliphatic rings. The van der Waals surface area contributed by atoms with E-state index in [-0.39, 0.29) is 0 Å². The Hall–Kier alpha value is -0.0400. The van der Waals surface area contributed by atoms with Gasteiger partial charge in [-0.1, -0.05) is 46.0 Å². The third-order valence-electron chi connectivity index (χ3n) is 4.94. The summed E-state index contributed by atoms with van der Waals surface area (Å²) >= 11 is 0. The van der Waals surface area contributed by atoms with E-state index in [0.717, 1.165) is 11.8 Å². The molecule has 2 saturated carbocycles. The lowest BCUT2D eigenvalue weighted by atomic mass is 9.64. The fourth-order valence-corrected chi connectivity index (χ4v) is 3.59. The Morgan fingerprint density at radius 2 is 1.87 bits per heavy atom. The van der Waals surface area contributed by atoms with Gasteiger partial charge in [0.15, 0.2) is 0 Å². The summed E-state index contributed by atoms with van der Waals surface area (Å²) in [5, 5.41) is 0. The van der Waals surface area contributed by atoms with Crippen LogP contribution in [0.2, 0.25) is 0 Å². The van der Waals surface area contributed by atoms with Crippen LogP contribution in [0.4, 0.5) is 0 Å². The molecule has 2 aliphatic carbocycles. The van der Waals surface area contributed by atoms with Crippen LogP contribution in [0.5, 0.6) is 0 Å². The molecule has 0 aromatic rings. The highest BCUT2D eigenvalue weighted by Crippen LogP contribution is 2.44. The van der Waals surface area contributed by atoms with Gasteiger partial charge in [0.1, 0.15) is 0 Å². The first-order valence-electron chi connectivity index (χ1n) is 6.85. The molecule has 88 valence electrons. The average Bonchev–Trinajstić information content (AvgIpc) is 2.10. The van der Waals surface area contributed by atoms with E-state index >= 15 is 0 Å². The number of nitrogens with two attached hydrogens (primary N) is 1. The summed E-state index contributed by atoms with van der Waals surface area (Å²) in [5.41, 5.74) is 6.94. The number of rotatable bonds is 3. The molecular weight excluding hydrogens is 182 g/mol. The minimum atomic E-state index is 0.477. The highest BCUT2D eigenvalue weighted by molar-refractivity contribution is 4.90. The Labute approximate surface area is 94.8 Å². The Bertz CT molecular complexity index is 205. The summed E-state index contributed by atoms with van der Waals surface area (Å²) in [7, 11) is 0. The van der Waals surface area contributed by atoms with E-state index in [1.165, 1.54) is 51.4 Å². The van der Waals surface area contributed by atoms with Gasteiger partial charge in [-0.05, 0) is 36.5 Å². The highest BCUT2D eigenvalue weighted by atomic mass is 14.7. The summed E-state index contributed by atoms with van der Waals surface area (Å²) in [6, 6.07) is 0.477. The third kappa shape index (κ3) is 2.55. The van der Waals surface area contributed by atoms with Crippen molar-refractivity contribution in [1.29, 1.82) is 0 Å². The molecule has 0 radical (unpaired) electrons. The van der Waals surface area contributed by atoms with Crippen LogP contribution in [0.15, 0.2) is 0 Å². The van der Waals surface area contributed by atoms with Gasteiger partial charge in [-0.3, -0.25) is 0 Å². The maximum Gasteiger partial charge on any atom is 0.00748 e. The van der Waals surface area contributed by atoms with Crippen LogP contribution in [0.25, 0.3) is 0 Å². The molecule has 0 amide bonds. The molecular formula is C14H27N. The maximum atomic E-state index is 6.43. The predicted molar refractivity (Wildman–Crippen MR) is 65.7 cm³/mol. The van der Waals surface area contributed by atoms with Gasteiger partial charge < -0.3 is 5.73 Å². The van der Waals surface area contributed by atoms with E-state index < -0.39 is 0 Å². The standard InChI is InChI=1S/C14H27N/c1-14(2)9-4-3-8-12(14)13(15)10-11-6-5-7-11/h11-13H,3-10,15H2,1-2H3. The largest absolute Gasteiger partial charge is 0.327 e. The summed E-state index contributed by atoms with van der Waals surface area (Å²) < 4.78 is 0. The molecule has 1 heteroatoms. The first-order chi connectivity index (χ1) is 7.09. The summed E-state index contributed by atoms with van der Waals surface area (Å²) in [6.07, 6.45) is 11.2. The lowest BCUT2D eigenvalue weighted by Gasteiger charge is -2.43. The Morgan fingerprint density at radius 3 is 2.40 bits per heavy atom. The number of hydrogen-bond acceptors (Lipinski definition) is 1. The molecule has 2 rings (SSSR count). The quantitative estimate of drug-likeness (QED) is 0.753. The molecule has 2 unspecified atom stereocenters. The second kappa shape index (κ2) is 4.45. The maximum absolute atomic E-state index is 6.43. The van der Waals surface area contributed by atoms with E-state index in [0.29, 0.717) is 11.5 Å². The van der Waals surface area contributed by atoms with Crippen molar-refractivity contribution >= 4 is 0 Å². The van der Waals surface area contributed by atoms with Gasteiger partial charge in [-0.15, -0.1) is 0 Å². The Balaban J connectivity index is 1.88. The molecule has 0 aliphatic heterocycles. The van der Waals surface area contributed by atoms with Crippen LogP contribution < -0.4 is 5.73 Å². The first-order valence-corrected chi connectivity index (χ1v) is 6.85. The summed E-state index contributed by atoms with van der Waals surface area (Å²) in [6.45, 7) is 4.86. The van der Waals surface area contributed by atoms with Crippen molar-refractivity contribution in [2.75, 3.05) is 0 Å². The van der Waals surface area contributed by atoms with Gasteiger partial charge in [0, 0.05) is 6.04 Å².